The molecule has 0 unspecified atom stereocenters. The third kappa shape index (κ3) is 25.3. The number of carbonyl (C=O) groups excluding carboxylic acids is 7. The van der Waals surface area contributed by atoms with Crippen LogP contribution < -0.4 is 19.3 Å². The molecule has 29 heteroatoms. The van der Waals surface area contributed by atoms with Gasteiger partial charge >= 0.3 is 35.8 Å². The lowest BCUT2D eigenvalue weighted by Crippen LogP contribution is -2.50. The van der Waals surface area contributed by atoms with Crippen molar-refractivity contribution in [1.82, 2.24) is 27.3 Å². The van der Waals surface area contributed by atoms with Crippen LogP contribution in [0.3, 0.4) is 0 Å². The molecule has 6 atom stereocenters. The zero-order chi connectivity index (χ0) is 59.6. The lowest BCUT2D eigenvalue weighted by Gasteiger charge is -2.37. The van der Waals surface area contributed by atoms with Crippen molar-refractivity contribution < 1.29 is 91.2 Å². The first-order valence-electron chi connectivity index (χ1n) is 26.0. The van der Waals surface area contributed by atoms with Crippen molar-refractivity contribution in [1.29, 1.82) is 0 Å². The quantitative estimate of drug-likeness (QED) is 0.106. The van der Waals surface area contributed by atoms with E-state index in [2.05, 4.69) is 27.1 Å². The summed E-state index contributed by atoms with van der Waals surface area (Å²) in [6.07, 6.45) is -4.95. The topological polar surface area (TPSA) is 325 Å². The molecule has 0 aromatic carbocycles. The minimum absolute atomic E-state index is 0.0285. The van der Waals surface area contributed by atoms with E-state index in [1.54, 1.807) is 16.7 Å². The number of ether oxygens (including phenoxy) is 9. The molecule has 2 fully saturated rings. The molecule has 0 spiro atoms. The average molecular weight is 1160 g/mol. The van der Waals surface area contributed by atoms with Crippen LogP contribution in [0.4, 0.5) is 11.6 Å². The number of carboxylic acids is 1. The fourth-order valence-electron chi connectivity index (χ4n) is 7.07. The summed E-state index contributed by atoms with van der Waals surface area (Å²) in [6, 6.07) is 0. The van der Waals surface area contributed by atoms with Crippen LogP contribution in [0.25, 0.3) is 0 Å². The standard InChI is InChI=1S/C25H40N4O9S.C15H26N4O4S.C10H16O6/c1-8-9-20(31)36-16(2)23(32)37-17(3)24(33)38-19(14-29(18(4)30)25(5,6)7)15-35-22-21(26-39-27-22)28-10-12-34-13-11-28;1-11(20)19(15(2,3)4)9-12(21)10-23-14-13(16-24-17-14)18-5-7-22-8-6-18;1-4-5-8(11)15-7(3)10(14)16-6(2)9(12)13/h16-17,19H,8-15H2,1-7H3;12,21H,5-10H2,1-4H3;6-7H,4-5H2,1-3H3,(H,12,13)/t16-,17-,19-;12-;6-,7-/m000/s1. The fraction of sp³-hybridized carbons (Fsp3) is 0.760. The van der Waals surface area contributed by atoms with Crippen LogP contribution in [0.1, 0.15) is 123 Å². The van der Waals surface area contributed by atoms with Gasteiger partial charge in [0.2, 0.25) is 23.5 Å². The van der Waals surface area contributed by atoms with Crippen LogP contribution in [-0.2, 0) is 71.5 Å². The number of esters is 5. The Morgan fingerprint density at radius 3 is 1.32 bits per heavy atom. The van der Waals surface area contributed by atoms with Crippen molar-refractivity contribution >= 4 is 82.7 Å². The molecule has 0 saturated carbocycles. The maximum absolute atomic E-state index is 12.9. The van der Waals surface area contributed by atoms with E-state index >= 15 is 0 Å². The minimum atomic E-state index is -1.29. The molecule has 27 nitrogen and oxygen atoms in total. The maximum atomic E-state index is 12.9. The van der Waals surface area contributed by atoms with Crippen molar-refractivity contribution in [3.05, 3.63) is 0 Å². The summed E-state index contributed by atoms with van der Waals surface area (Å²) < 4.78 is 64.4. The van der Waals surface area contributed by atoms with Gasteiger partial charge in [-0.3, -0.25) is 19.2 Å². The summed E-state index contributed by atoms with van der Waals surface area (Å²) in [6.45, 7) is 28.6. The summed E-state index contributed by atoms with van der Waals surface area (Å²) in [4.78, 5) is 101. The largest absolute Gasteiger partial charge is 0.479 e. The van der Waals surface area contributed by atoms with Crippen LogP contribution in [0.5, 0.6) is 11.8 Å². The highest BCUT2D eigenvalue weighted by Crippen LogP contribution is 2.28. The number of anilines is 2. The molecule has 0 bridgehead atoms. The summed E-state index contributed by atoms with van der Waals surface area (Å²) in [5.41, 5.74) is -0.915. The number of aromatic nitrogens is 4. The number of hydrogen-bond acceptors (Lipinski definition) is 26. The second kappa shape index (κ2) is 34.2. The van der Waals surface area contributed by atoms with E-state index in [9.17, 15) is 43.5 Å². The van der Waals surface area contributed by atoms with E-state index in [1.165, 1.54) is 41.5 Å². The Morgan fingerprint density at radius 2 is 0.937 bits per heavy atom. The van der Waals surface area contributed by atoms with Gasteiger partial charge in [-0.1, -0.05) is 13.8 Å². The first-order chi connectivity index (χ1) is 37.0. The third-order valence-corrected chi connectivity index (χ3v) is 12.2. The van der Waals surface area contributed by atoms with Gasteiger partial charge in [-0.05, 0) is 82.1 Å². The first-order valence-corrected chi connectivity index (χ1v) is 27.5. The molecule has 2 aliphatic heterocycles. The van der Waals surface area contributed by atoms with Crippen molar-refractivity contribution in [2.24, 2.45) is 0 Å². The molecule has 0 aliphatic carbocycles. The number of aliphatic carboxylic acids is 1. The zero-order valence-electron chi connectivity index (χ0n) is 48.0. The highest BCUT2D eigenvalue weighted by molar-refractivity contribution is 6.99. The molecular formula is C50H82N8O19S2. The SMILES string of the molecule is CC(=O)N(C[C@H](O)COc1nsnc1N1CCOCC1)C(C)(C)C.CCCC(=O)O[C@@H](C)C(=O)O[C@@H](C)C(=O)O.CCCC(=O)O[C@@H](C)C(=O)O[C@@H](C)C(=O)O[C@H](COc1nsnc1N1CCOCC1)CN(C(C)=O)C(C)(C)C. The predicted octanol–water partition coefficient (Wildman–Crippen LogP) is 3.47. The van der Waals surface area contributed by atoms with Gasteiger partial charge in [-0.2, -0.15) is 8.75 Å². The molecule has 4 rings (SSSR count). The van der Waals surface area contributed by atoms with Gasteiger partial charge in [0.1, 0.15) is 19.3 Å². The van der Waals surface area contributed by atoms with Gasteiger partial charge in [0.25, 0.3) is 11.8 Å². The van der Waals surface area contributed by atoms with Crippen molar-refractivity contribution in [3.63, 3.8) is 0 Å². The van der Waals surface area contributed by atoms with E-state index in [4.69, 9.17) is 43.0 Å². The van der Waals surface area contributed by atoms with E-state index in [1.807, 2.05) is 53.4 Å². The predicted molar refractivity (Wildman–Crippen MR) is 287 cm³/mol. The molecule has 2 aromatic rings. The van der Waals surface area contributed by atoms with Gasteiger partial charge in [-0.15, -0.1) is 8.75 Å². The van der Waals surface area contributed by atoms with Gasteiger partial charge < -0.3 is 72.4 Å². The third-order valence-electron chi connectivity index (χ3n) is 11.2. The van der Waals surface area contributed by atoms with Crippen LogP contribution in [0.15, 0.2) is 0 Å². The van der Waals surface area contributed by atoms with Crippen molar-refractivity contribution in [2.45, 2.75) is 170 Å². The average Bonchev–Trinajstić information content (AvgIpc) is 4.06. The normalized spacial score (nSPS) is 15.8. The summed E-state index contributed by atoms with van der Waals surface area (Å²) in [5, 5.41) is 18.7. The number of morpholine rings is 2. The molecule has 0 radical (unpaired) electrons. The molecule has 2 amide bonds. The second-order valence-electron chi connectivity index (χ2n) is 20.2. The summed E-state index contributed by atoms with van der Waals surface area (Å²) in [7, 11) is 0. The van der Waals surface area contributed by atoms with Crippen molar-refractivity contribution in [3.8, 4) is 11.8 Å². The number of amides is 2. The van der Waals surface area contributed by atoms with E-state index in [0.29, 0.717) is 69.9 Å². The lowest BCUT2D eigenvalue weighted by atomic mass is 10.1. The smallest absolute Gasteiger partial charge is 0.347 e. The van der Waals surface area contributed by atoms with E-state index in [-0.39, 0.29) is 62.4 Å². The molecule has 448 valence electrons. The number of aliphatic hydroxyl groups excluding tert-OH is 1. The zero-order valence-corrected chi connectivity index (χ0v) is 49.6. The number of carbonyl (C=O) groups is 8. The summed E-state index contributed by atoms with van der Waals surface area (Å²) >= 11 is 2.08. The minimum Gasteiger partial charge on any atom is -0.479 e. The number of carboxylic acid groups (broad SMARTS) is 1. The van der Waals surface area contributed by atoms with E-state index in [0.717, 1.165) is 36.5 Å². The Labute approximate surface area is 470 Å². The number of β-amino-alcohol motifs (C(OH)–C–C–N with tert-alkyl or cyclic N) is 1. The Hall–Kier alpha value is -6.04. The molecule has 2 N–H and O–H groups in total. The highest BCUT2D eigenvalue weighted by atomic mass is 32.1. The van der Waals surface area contributed by atoms with Gasteiger partial charge in [0.05, 0.1) is 63.0 Å². The van der Waals surface area contributed by atoms with Crippen LogP contribution in [0, 0.1) is 0 Å². The molecule has 4 heterocycles. The van der Waals surface area contributed by atoms with Gasteiger partial charge in [0.15, 0.2) is 30.5 Å². The number of hydrogen-bond donors (Lipinski definition) is 2. The van der Waals surface area contributed by atoms with E-state index < -0.39 is 78.0 Å². The monoisotopic (exact) mass is 1160 g/mol. The number of rotatable bonds is 25. The Kier molecular flexibility index (Phi) is 29.9. The van der Waals surface area contributed by atoms with Crippen LogP contribution in [0.2, 0.25) is 0 Å². The van der Waals surface area contributed by atoms with Crippen molar-refractivity contribution in [2.75, 3.05) is 88.7 Å². The first kappa shape index (κ1) is 69.1. The van der Waals surface area contributed by atoms with Crippen LogP contribution in [-0.4, -0.2) is 212 Å². The second-order valence-corrected chi connectivity index (χ2v) is 21.2. The Morgan fingerprint density at radius 1 is 0.570 bits per heavy atom. The lowest BCUT2D eigenvalue weighted by molar-refractivity contribution is -0.180. The number of nitrogens with zero attached hydrogens (tertiary/aromatic N) is 8. The molecular weight excluding hydrogens is 1080 g/mol. The Balaban J connectivity index is 0.000000451. The maximum Gasteiger partial charge on any atom is 0.347 e. The number of aliphatic hydroxyl groups is 1. The molecule has 79 heavy (non-hydrogen) atoms. The van der Waals surface area contributed by atoms with Crippen LogP contribution >= 0.6 is 23.5 Å². The fourth-order valence-corrected chi connectivity index (χ4v) is 8.11. The molecule has 2 aromatic heterocycles. The summed E-state index contributed by atoms with van der Waals surface area (Å²) in [5.74, 6) is -3.19. The highest BCUT2D eigenvalue weighted by Gasteiger charge is 2.33. The Bertz CT molecular complexity index is 2240. The van der Waals surface area contributed by atoms with Gasteiger partial charge in [0, 0.05) is 63.9 Å². The van der Waals surface area contributed by atoms with Gasteiger partial charge in [-0.25, -0.2) is 19.2 Å². The molecule has 2 aliphatic rings. The molecule has 2 saturated heterocycles.